The first-order valence-electron chi connectivity index (χ1n) is 13.0. The van der Waals surface area contributed by atoms with E-state index >= 15 is 0 Å². The second kappa shape index (κ2) is 12.3. The fraction of sp³-hybridized carbons (Fsp3) is 0.379. The number of urea groups is 1. The molecular formula is C29H34ClN5O4. The molecule has 0 saturated carbocycles. The smallest absolute Gasteiger partial charge is 0.322 e. The number of rotatable bonds is 7. The van der Waals surface area contributed by atoms with E-state index in [0.717, 1.165) is 23.2 Å². The van der Waals surface area contributed by atoms with Crippen LogP contribution < -0.4 is 5.32 Å². The summed E-state index contributed by atoms with van der Waals surface area (Å²) in [6, 6.07) is 12.9. The van der Waals surface area contributed by atoms with Crippen LogP contribution in [-0.4, -0.2) is 90.2 Å². The number of likely N-dealkylation sites (tertiary alicyclic amines) is 1. The topological polar surface area (TPSA) is 93.3 Å². The minimum absolute atomic E-state index is 0.0283. The summed E-state index contributed by atoms with van der Waals surface area (Å²) in [5, 5.41) is 3.47. The van der Waals surface area contributed by atoms with E-state index in [1.54, 1.807) is 37.2 Å². The molecule has 0 bridgehead atoms. The zero-order valence-corrected chi connectivity index (χ0v) is 23.3. The molecule has 9 nitrogen and oxygen atoms in total. The van der Waals surface area contributed by atoms with Crippen molar-refractivity contribution in [2.75, 3.05) is 45.6 Å². The maximum Gasteiger partial charge on any atom is 0.322 e. The van der Waals surface area contributed by atoms with Crippen LogP contribution in [0.15, 0.2) is 48.7 Å². The van der Waals surface area contributed by atoms with E-state index in [4.69, 9.17) is 11.6 Å². The summed E-state index contributed by atoms with van der Waals surface area (Å²) in [7, 11) is 3.25. The quantitative estimate of drug-likeness (QED) is 0.420. The van der Waals surface area contributed by atoms with Gasteiger partial charge >= 0.3 is 6.03 Å². The molecule has 0 aromatic heterocycles. The molecule has 1 N–H and O–H groups in total. The van der Waals surface area contributed by atoms with Gasteiger partial charge in [-0.2, -0.15) is 0 Å². The zero-order chi connectivity index (χ0) is 28.1. The second-order valence-electron chi connectivity index (χ2n) is 10.1. The highest BCUT2D eigenvalue weighted by molar-refractivity contribution is 6.31. The second-order valence-corrected chi connectivity index (χ2v) is 10.6. The fourth-order valence-electron chi connectivity index (χ4n) is 5.07. The molecule has 5 amide bonds. The number of hydrogen-bond donors (Lipinski definition) is 1. The Kier molecular flexibility index (Phi) is 8.91. The molecule has 0 radical (unpaired) electrons. The van der Waals surface area contributed by atoms with Crippen molar-refractivity contribution in [2.45, 2.75) is 32.2 Å². The van der Waals surface area contributed by atoms with Crippen molar-refractivity contribution < 1.29 is 19.2 Å². The van der Waals surface area contributed by atoms with Crippen LogP contribution in [0.1, 0.15) is 29.5 Å². The minimum Gasteiger partial charge on any atom is -0.345 e. The number of carbonyl (C=O) groups is 4. The summed E-state index contributed by atoms with van der Waals surface area (Å²) < 4.78 is 0. The summed E-state index contributed by atoms with van der Waals surface area (Å²) in [4.78, 5) is 57.2. The SMILES string of the molecule is Cc1ccc(Cl)cc1/C(=C/N(C=O)CC(=O)N1CCC(N2CCc3ccccc3NC2=O)CC1)C(=O)N(C)C. The zero-order valence-electron chi connectivity index (χ0n) is 22.5. The first kappa shape index (κ1) is 28.2. The highest BCUT2D eigenvalue weighted by Crippen LogP contribution is 2.26. The molecule has 2 aliphatic heterocycles. The summed E-state index contributed by atoms with van der Waals surface area (Å²) in [5.41, 5.74) is 3.65. The van der Waals surface area contributed by atoms with Gasteiger partial charge in [-0.1, -0.05) is 35.9 Å². The van der Waals surface area contributed by atoms with Crippen molar-refractivity contribution in [1.29, 1.82) is 0 Å². The van der Waals surface area contributed by atoms with Gasteiger partial charge in [0.2, 0.25) is 12.3 Å². The van der Waals surface area contributed by atoms with Gasteiger partial charge in [0.15, 0.2) is 0 Å². The highest BCUT2D eigenvalue weighted by atomic mass is 35.5. The van der Waals surface area contributed by atoms with Crippen LogP contribution in [0.4, 0.5) is 10.5 Å². The van der Waals surface area contributed by atoms with Crippen LogP contribution in [0, 0.1) is 6.92 Å². The maximum absolute atomic E-state index is 13.1. The summed E-state index contributed by atoms with van der Waals surface area (Å²) in [5.74, 6) is -0.526. The standard InChI is InChI=1S/C29H34ClN5O4/c1-20-8-9-22(30)16-24(20)25(28(38)32(2)3)17-33(19-36)18-27(37)34-13-11-23(12-14-34)35-15-10-21-6-4-5-7-26(21)31-29(35)39/h4-9,16-17,19,23H,10-15,18H2,1-3H3,(H,31,39)/b25-17-. The number of hydrogen-bond acceptors (Lipinski definition) is 4. The Labute approximate surface area is 234 Å². The molecule has 10 heteroatoms. The number of amides is 5. The number of carbonyl (C=O) groups excluding carboxylic acids is 4. The van der Waals surface area contributed by atoms with Crippen molar-refractivity contribution in [2.24, 2.45) is 0 Å². The monoisotopic (exact) mass is 551 g/mol. The molecule has 1 saturated heterocycles. The van der Waals surface area contributed by atoms with Crippen LogP contribution in [0.3, 0.4) is 0 Å². The average Bonchev–Trinajstić information content (AvgIpc) is 3.10. The number of benzene rings is 2. The van der Waals surface area contributed by atoms with E-state index < -0.39 is 0 Å². The first-order chi connectivity index (χ1) is 18.7. The Morgan fingerprint density at radius 1 is 1.10 bits per heavy atom. The van der Waals surface area contributed by atoms with Crippen LogP contribution in [0.25, 0.3) is 5.57 Å². The molecule has 0 aliphatic carbocycles. The van der Waals surface area contributed by atoms with Gasteiger partial charge in [0.05, 0.1) is 5.57 Å². The van der Waals surface area contributed by atoms with E-state index in [2.05, 4.69) is 5.32 Å². The molecule has 4 rings (SSSR count). The Bertz CT molecular complexity index is 1290. The summed E-state index contributed by atoms with van der Waals surface area (Å²) >= 11 is 6.19. The predicted octanol–water partition coefficient (Wildman–Crippen LogP) is 3.62. The third-order valence-electron chi connectivity index (χ3n) is 7.27. The molecule has 0 unspecified atom stereocenters. The summed E-state index contributed by atoms with van der Waals surface area (Å²) in [6.07, 6.45) is 4.04. The van der Waals surface area contributed by atoms with E-state index in [1.165, 1.54) is 16.0 Å². The molecule has 2 aromatic carbocycles. The number of para-hydroxylation sites is 1. The number of nitrogens with one attached hydrogen (secondary N) is 1. The Morgan fingerprint density at radius 2 is 1.82 bits per heavy atom. The number of piperidine rings is 1. The van der Waals surface area contributed by atoms with Gasteiger partial charge in [0.1, 0.15) is 6.54 Å². The van der Waals surface area contributed by atoms with Crippen molar-refractivity contribution in [3.05, 3.63) is 70.4 Å². The lowest BCUT2D eigenvalue weighted by atomic mass is 10.00. The maximum atomic E-state index is 13.1. The Morgan fingerprint density at radius 3 is 2.51 bits per heavy atom. The van der Waals surface area contributed by atoms with Crippen LogP contribution in [-0.2, 0) is 20.8 Å². The van der Waals surface area contributed by atoms with Crippen molar-refractivity contribution in [1.82, 2.24) is 19.6 Å². The lowest BCUT2D eigenvalue weighted by Crippen LogP contribution is -2.51. The molecule has 1 fully saturated rings. The van der Waals surface area contributed by atoms with E-state index in [1.807, 2.05) is 36.1 Å². The number of halogens is 1. The van der Waals surface area contributed by atoms with Crippen molar-refractivity contribution >= 4 is 47.1 Å². The lowest BCUT2D eigenvalue weighted by Gasteiger charge is -2.38. The molecule has 0 atom stereocenters. The molecule has 0 spiro atoms. The van der Waals surface area contributed by atoms with Crippen LogP contribution in [0.5, 0.6) is 0 Å². The van der Waals surface area contributed by atoms with Gasteiger partial charge in [-0.15, -0.1) is 0 Å². The van der Waals surface area contributed by atoms with Gasteiger partial charge in [-0.05, 0) is 61.1 Å². The van der Waals surface area contributed by atoms with Crippen LogP contribution in [0.2, 0.25) is 5.02 Å². The van der Waals surface area contributed by atoms with Gasteiger partial charge in [-0.3, -0.25) is 14.4 Å². The highest BCUT2D eigenvalue weighted by Gasteiger charge is 2.31. The Hall–Kier alpha value is -3.85. The fourth-order valence-corrected chi connectivity index (χ4v) is 5.24. The van der Waals surface area contributed by atoms with Gasteiger partial charge in [0, 0.05) is 56.7 Å². The van der Waals surface area contributed by atoms with Crippen molar-refractivity contribution in [3.63, 3.8) is 0 Å². The summed E-state index contributed by atoms with van der Waals surface area (Å²) in [6.45, 7) is 3.24. The lowest BCUT2D eigenvalue weighted by molar-refractivity contribution is -0.135. The third-order valence-corrected chi connectivity index (χ3v) is 7.51. The number of likely N-dealkylation sites (N-methyl/N-ethyl adjacent to an activating group) is 1. The molecule has 39 heavy (non-hydrogen) atoms. The van der Waals surface area contributed by atoms with Crippen LogP contribution >= 0.6 is 11.6 Å². The molecular weight excluding hydrogens is 518 g/mol. The number of nitrogens with zero attached hydrogens (tertiary/aromatic N) is 4. The van der Waals surface area contributed by atoms with E-state index in [0.29, 0.717) is 49.5 Å². The average molecular weight is 552 g/mol. The Balaban J connectivity index is 1.41. The van der Waals surface area contributed by atoms with Gasteiger partial charge in [0.25, 0.3) is 5.91 Å². The predicted molar refractivity (Wildman–Crippen MR) is 151 cm³/mol. The molecule has 206 valence electrons. The first-order valence-corrected chi connectivity index (χ1v) is 13.4. The normalized spacial score (nSPS) is 16.2. The minimum atomic E-state index is -0.307. The number of aryl methyl sites for hydroxylation is 1. The number of anilines is 1. The van der Waals surface area contributed by atoms with Gasteiger partial charge in [-0.25, -0.2) is 4.79 Å². The van der Waals surface area contributed by atoms with E-state index in [-0.39, 0.29) is 36.0 Å². The van der Waals surface area contributed by atoms with Gasteiger partial charge < -0.3 is 24.9 Å². The van der Waals surface area contributed by atoms with E-state index in [9.17, 15) is 19.2 Å². The molecule has 2 aliphatic rings. The largest absolute Gasteiger partial charge is 0.345 e. The molecule has 2 heterocycles. The molecule has 2 aromatic rings. The number of fused-ring (bicyclic) bond motifs is 1. The third kappa shape index (κ3) is 6.60. The van der Waals surface area contributed by atoms with Crippen molar-refractivity contribution in [3.8, 4) is 0 Å².